The molecular formula is C24H25N3O3. The largest absolute Gasteiger partial charge is 0.326 e. The zero-order valence-electron chi connectivity index (χ0n) is 17.1. The summed E-state index contributed by atoms with van der Waals surface area (Å²) in [5.74, 6) is -0.994. The highest BCUT2D eigenvalue weighted by Gasteiger charge is 2.10. The van der Waals surface area contributed by atoms with E-state index < -0.39 is 5.91 Å². The minimum atomic E-state index is -0.420. The zero-order valence-corrected chi connectivity index (χ0v) is 17.1. The number of carbonyl (C=O) groups is 3. The molecule has 0 heterocycles. The van der Waals surface area contributed by atoms with E-state index in [-0.39, 0.29) is 31.1 Å². The Morgan fingerprint density at radius 2 is 1.43 bits per heavy atom. The van der Waals surface area contributed by atoms with Crippen LogP contribution in [-0.2, 0) is 20.8 Å². The van der Waals surface area contributed by atoms with Crippen LogP contribution < -0.4 is 16.2 Å². The van der Waals surface area contributed by atoms with Crippen LogP contribution in [0, 0.1) is 13.8 Å². The predicted octanol–water partition coefficient (Wildman–Crippen LogP) is 3.57. The van der Waals surface area contributed by atoms with Gasteiger partial charge in [-0.25, -0.2) is 0 Å². The number of hydrogen-bond acceptors (Lipinski definition) is 3. The van der Waals surface area contributed by atoms with Gasteiger partial charge in [-0.15, -0.1) is 0 Å². The average Bonchev–Trinajstić information content (AvgIpc) is 2.74. The maximum Gasteiger partial charge on any atom is 0.242 e. The molecule has 3 aromatic carbocycles. The van der Waals surface area contributed by atoms with Crippen LogP contribution in [0.3, 0.4) is 0 Å². The first-order valence-electron chi connectivity index (χ1n) is 9.84. The molecule has 30 heavy (non-hydrogen) atoms. The maximum atomic E-state index is 12.2. The Labute approximate surface area is 175 Å². The summed E-state index contributed by atoms with van der Waals surface area (Å²) in [6.07, 6.45) is 0.151. The van der Waals surface area contributed by atoms with E-state index >= 15 is 0 Å². The second kappa shape index (κ2) is 9.69. The van der Waals surface area contributed by atoms with Crippen molar-refractivity contribution in [1.29, 1.82) is 0 Å². The molecule has 0 aliphatic rings. The Bertz CT molecular complexity index is 1090. The van der Waals surface area contributed by atoms with Gasteiger partial charge < -0.3 is 5.32 Å². The molecule has 0 fully saturated rings. The molecule has 6 heteroatoms. The molecule has 0 bridgehead atoms. The first kappa shape index (κ1) is 21.0. The standard InChI is InChI=1S/C24H25N3O3/c1-16-10-11-20(14-17(16)2)25-22(28)12-13-23(29)26-27-24(30)15-19-8-5-7-18-6-3-4-9-21(18)19/h3-11,14H,12-13,15H2,1-2H3,(H,25,28)(H,26,29)(H,27,30). The highest BCUT2D eigenvalue weighted by molar-refractivity contribution is 5.94. The van der Waals surface area contributed by atoms with Gasteiger partial charge in [0, 0.05) is 18.5 Å². The Kier molecular flexibility index (Phi) is 6.80. The Hall–Kier alpha value is -3.67. The molecule has 3 amide bonds. The topological polar surface area (TPSA) is 87.3 Å². The van der Waals surface area contributed by atoms with Gasteiger partial charge in [0.05, 0.1) is 6.42 Å². The minimum Gasteiger partial charge on any atom is -0.326 e. The number of rotatable bonds is 6. The summed E-state index contributed by atoms with van der Waals surface area (Å²) in [7, 11) is 0. The van der Waals surface area contributed by atoms with Gasteiger partial charge >= 0.3 is 0 Å². The third-order valence-electron chi connectivity index (χ3n) is 4.94. The van der Waals surface area contributed by atoms with Crippen LogP contribution in [-0.4, -0.2) is 17.7 Å². The molecule has 0 aliphatic carbocycles. The quantitative estimate of drug-likeness (QED) is 0.550. The van der Waals surface area contributed by atoms with Crippen molar-refractivity contribution < 1.29 is 14.4 Å². The molecule has 3 rings (SSSR count). The molecule has 0 saturated carbocycles. The summed E-state index contributed by atoms with van der Waals surface area (Å²) >= 11 is 0. The van der Waals surface area contributed by atoms with E-state index in [0.29, 0.717) is 5.69 Å². The summed E-state index contributed by atoms with van der Waals surface area (Å²) in [5, 5.41) is 4.83. The van der Waals surface area contributed by atoms with Crippen LogP contribution in [0.1, 0.15) is 29.5 Å². The number of hydrazine groups is 1. The van der Waals surface area contributed by atoms with Gasteiger partial charge in [0.25, 0.3) is 0 Å². The zero-order chi connectivity index (χ0) is 21.5. The number of aryl methyl sites for hydroxylation is 2. The number of fused-ring (bicyclic) bond motifs is 1. The second-order valence-corrected chi connectivity index (χ2v) is 7.26. The van der Waals surface area contributed by atoms with Crippen LogP contribution in [0.5, 0.6) is 0 Å². The van der Waals surface area contributed by atoms with Crippen LogP contribution in [0.4, 0.5) is 5.69 Å². The van der Waals surface area contributed by atoms with Gasteiger partial charge in [0.2, 0.25) is 17.7 Å². The number of benzene rings is 3. The number of carbonyl (C=O) groups excluding carboxylic acids is 3. The highest BCUT2D eigenvalue weighted by atomic mass is 16.2. The van der Waals surface area contributed by atoms with Gasteiger partial charge in [-0.2, -0.15) is 0 Å². The average molecular weight is 403 g/mol. The molecular weight excluding hydrogens is 378 g/mol. The summed E-state index contributed by atoms with van der Waals surface area (Å²) in [6, 6.07) is 19.3. The number of amides is 3. The molecule has 0 spiro atoms. The molecule has 154 valence electrons. The van der Waals surface area contributed by atoms with Gasteiger partial charge in [0.15, 0.2) is 0 Å². The first-order valence-corrected chi connectivity index (χ1v) is 9.84. The van der Waals surface area contributed by atoms with E-state index in [4.69, 9.17) is 0 Å². The summed E-state index contributed by atoms with van der Waals surface area (Å²) < 4.78 is 0. The van der Waals surface area contributed by atoms with E-state index in [1.807, 2.05) is 74.5 Å². The molecule has 0 saturated heterocycles. The van der Waals surface area contributed by atoms with Gasteiger partial charge in [0.1, 0.15) is 0 Å². The Morgan fingerprint density at radius 3 is 2.23 bits per heavy atom. The SMILES string of the molecule is Cc1ccc(NC(=O)CCC(=O)NNC(=O)Cc2cccc3ccccc23)cc1C. The van der Waals surface area contributed by atoms with Crippen molar-refractivity contribution in [3.63, 3.8) is 0 Å². The molecule has 3 aromatic rings. The smallest absolute Gasteiger partial charge is 0.242 e. The molecule has 0 aromatic heterocycles. The predicted molar refractivity (Wildman–Crippen MR) is 118 cm³/mol. The van der Waals surface area contributed by atoms with Crippen LogP contribution in [0.2, 0.25) is 0 Å². The van der Waals surface area contributed by atoms with Crippen molar-refractivity contribution >= 4 is 34.2 Å². The monoisotopic (exact) mass is 403 g/mol. The fourth-order valence-electron chi connectivity index (χ4n) is 3.14. The lowest BCUT2D eigenvalue weighted by Crippen LogP contribution is -2.42. The molecule has 0 radical (unpaired) electrons. The number of anilines is 1. The summed E-state index contributed by atoms with van der Waals surface area (Å²) in [4.78, 5) is 36.2. The molecule has 6 nitrogen and oxygen atoms in total. The lowest BCUT2D eigenvalue weighted by Gasteiger charge is -2.10. The van der Waals surface area contributed by atoms with E-state index in [1.165, 1.54) is 0 Å². The van der Waals surface area contributed by atoms with E-state index in [0.717, 1.165) is 27.5 Å². The molecule has 3 N–H and O–H groups in total. The summed E-state index contributed by atoms with van der Waals surface area (Å²) in [6.45, 7) is 3.97. The normalized spacial score (nSPS) is 10.5. The van der Waals surface area contributed by atoms with E-state index in [9.17, 15) is 14.4 Å². The Morgan fingerprint density at radius 1 is 0.733 bits per heavy atom. The fraction of sp³-hybridized carbons (Fsp3) is 0.208. The highest BCUT2D eigenvalue weighted by Crippen LogP contribution is 2.18. The van der Waals surface area contributed by atoms with E-state index in [2.05, 4.69) is 16.2 Å². The maximum absolute atomic E-state index is 12.2. The lowest BCUT2D eigenvalue weighted by atomic mass is 10.0. The second-order valence-electron chi connectivity index (χ2n) is 7.26. The third-order valence-corrected chi connectivity index (χ3v) is 4.94. The molecule has 0 unspecified atom stereocenters. The minimum absolute atomic E-state index is 0.0226. The van der Waals surface area contributed by atoms with Crippen molar-refractivity contribution in [2.24, 2.45) is 0 Å². The molecule has 0 atom stereocenters. The number of nitrogens with one attached hydrogen (secondary N) is 3. The van der Waals surface area contributed by atoms with Crippen molar-refractivity contribution in [3.8, 4) is 0 Å². The van der Waals surface area contributed by atoms with Crippen LogP contribution in [0.25, 0.3) is 10.8 Å². The lowest BCUT2D eigenvalue weighted by molar-refractivity contribution is -0.129. The fourth-order valence-corrected chi connectivity index (χ4v) is 3.14. The Balaban J connectivity index is 1.43. The van der Waals surface area contributed by atoms with Gasteiger partial charge in [-0.1, -0.05) is 48.5 Å². The van der Waals surface area contributed by atoms with E-state index in [1.54, 1.807) is 0 Å². The first-order chi connectivity index (χ1) is 14.4. The molecule has 0 aliphatic heterocycles. The van der Waals surface area contributed by atoms with Crippen molar-refractivity contribution in [1.82, 2.24) is 10.9 Å². The van der Waals surface area contributed by atoms with Gasteiger partial charge in [-0.05, 0) is 53.4 Å². The van der Waals surface area contributed by atoms with Crippen LogP contribution >= 0.6 is 0 Å². The number of hydrogen-bond donors (Lipinski definition) is 3. The summed E-state index contributed by atoms with van der Waals surface area (Å²) in [5.41, 5.74) is 8.59. The third kappa shape index (κ3) is 5.67. The van der Waals surface area contributed by atoms with Crippen molar-refractivity contribution in [2.75, 3.05) is 5.32 Å². The van der Waals surface area contributed by atoms with Crippen molar-refractivity contribution in [3.05, 3.63) is 77.4 Å². The van der Waals surface area contributed by atoms with Crippen LogP contribution in [0.15, 0.2) is 60.7 Å². The van der Waals surface area contributed by atoms with Crippen molar-refractivity contribution in [2.45, 2.75) is 33.1 Å². The van der Waals surface area contributed by atoms with Gasteiger partial charge in [-0.3, -0.25) is 25.2 Å².